The lowest BCUT2D eigenvalue weighted by Gasteiger charge is -2.40. The highest BCUT2D eigenvalue weighted by Crippen LogP contribution is 2.23. The van der Waals surface area contributed by atoms with E-state index in [1.54, 1.807) is 6.08 Å². The molecule has 0 saturated carbocycles. The SMILES string of the molecule is CCCCCCC/C=C/CC/C=C/CC/C=C/C(O)C(COC1OC(CO)C(O)C(O)C1O)NC(=O)CCCCCCCCCCCCCCCCCCCCCCCCC. The van der Waals surface area contributed by atoms with Gasteiger partial charge in [0.25, 0.3) is 0 Å². The summed E-state index contributed by atoms with van der Waals surface area (Å²) < 4.78 is 11.2. The summed E-state index contributed by atoms with van der Waals surface area (Å²) in [6.45, 7) is 3.75. The first-order chi connectivity index (χ1) is 29.8. The van der Waals surface area contributed by atoms with E-state index in [1.807, 2.05) is 6.08 Å². The Balaban J connectivity index is 2.28. The van der Waals surface area contributed by atoms with Gasteiger partial charge >= 0.3 is 0 Å². The fourth-order valence-electron chi connectivity index (χ4n) is 8.07. The lowest BCUT2D eigenvalue weighted by Crippen LogP contribution is -2.60. The Hall–Kier alpha value is -1.59. The second-order valence-corrected chi connectivity index (χ2v) is 18.0. The van der Waals surface area contributed by atoms with Crippen LogP contribution in [-0.4, -0.2) is 87.5 Å². The van der Waals surface area contributed by atoms with E-state index in [0.29, 0.717) is 6.42 Å². The van der Waals surface area contributed by atoms with Gasteiger partial charge in [-0.2, -0.15) is 0 Å². The number of unbranched alkanes of at least 4 members (excludes halogenated alkanes) is 29. The molecule has 1 amide bonds. The molecular weight excluding hydrogens is 767 g/mol. The zero-order valence-electron chi connectivity index (χ0n) is 39.4. The second-order valence-electron chi connectivity index (χ2n) is 18.0. The molecule has 0 radical (unpaired) electrons. The predicted molar refractivity (Wildman–Crippen MR) is 253 cm³/mol. The zero-order chi connectivity index (χ0) is 44.4. The number of rotatable bonds is 43. The maximum Gasteiger partial charge on any atom is 0.220 e. The Morgan fingerprint density at radius 2 is 0.934 bits per heavy atom. The molecule has 1 aliphatic heterocycles. The maximum absolute atomic E-state index is 13.0. The van der Waals surface area contributed by atoms with Gasteiger partial charge in [-0.1, -0.05) is 217 Å². The number of ether oxygens (including phenoxy) is 2. The van der Waals surface area contributed by atoms with Crippen molar-refractivity contribution in [2.75, 3.05) is 13.2 Å². The van der Waals surface area contributed by atoms with E-state index in [2.05, 4.69) is 43.5 Å². The lowest BCUT2D eigenvalue weighted by atomic mass is 9.99. The quantitative estimate of drug-likeness (QED) is 0.0262. The van der Waals surface area contributed by atoms with Crippen molar-refractivity contribution in [1.82, 2.24) is 5.32 Å². The highest BCUT2D eigenvalue weighted by atomic mass is 16.7. The minimum absolute atomic E-state index is 0.188. The summed E-state index contributed by atoms with van der Waals surface area (Å²) in [6.07, 6.45) is 46.3. The minimum Gasteiger partial charge on any atom is -0.394 e. The van der Waals surface area contributed by atoms with Crippen molar-refractivity contribution < 1.29 is 39.8 Å². The van der Waals surface area contributed by atoms with Crippen molar-refractivity contribution in [3.8, 4) is 0 Å². The first kappa shape index (κ1) is 57.4. The number of nitrogens with one attached hydrogen (secondary N) is 1. The van der Waals surface area contributed by atoms with Gasteiger partial charge in [0.05, 0.1) is 25.4 Å². The molecule has 1 aliphatic rings. The molecule has 0 aliphatic carbocycles. The van der Waals surface area contributed by atoms with E-state index in [0.717, 1.165) is 51.4 Å². The number of carbonyl (C=O) groups excluding carboxylic acids is 1. The van der Waals surface area contributed by atoms with Crippen LogP contribution < -0.4 is 5.32 Å². The van der Waals surface area contributed by atoms with Crippen LogP contribution in [0.4, 0.5) is 0 Å². The van der Waals surface area contributed by atoms with Crippen LogP contribution in [0.5, 0.6) is 0 Å². The molecule has 1 rings (SSSR count). The van der Waals surface area contributed by atoms with Crippen molar-refractivity contribution in [1.29, 1.82) is 0 Å². The van der Waals surface area contributed by atoms with Crippen LogP contribution >= 0.6 is 0 Å². The highest BCUT2D eigenvalue weighted by Gasteiger charge is 2.44. The molecule has 9 heteroatoms. The summed E-state index contributed by atoms with van der Waals surface area (Å²) in [6, 6.07) is -0.824. The predicted octanol–water partition coefficient (Wildman–Crippen LogP) is 11.6. The Morgan fingerprint density at radius 1 is 0.541 bits per heavy atom. The van der Waals surface area contributed by atoms with Gasteiger partial charge in [-0.25, -0.2) is 0 Å². The first-order valence-corrected chi connectivity index (χ1v) is 25.7. The van der Waals surface area contributed by atoms with Gasteiger partial charge in [0.1, 0.15) is 24.4 Å². The Morgan fingerprint density at radius 3 is 1.38 bits per heavy atom. The molecule has 7 atom stereocenters. The number of amides is 1. The van der Waals surface area contributed by atoms with Crippen molar-refractivity contribution in [2.24, 2.45) is 0 Å². The molecule has 358 valence electrons. The van der Waals surface area contributed by atoms with E-state index in [1.165, 1.54) is 161 Å². The van der Waals surface area contributed by atoms with E-state index in [-0.39, 0.29) is 12.5 Å². The van der Waals surface area contributed by atoms with Crippen LogP contribution in [0.25, 0.3) is 0 Å². The molecule has 0 spiro atoms. The average Bonchev–Trinajstić information content (AvgIpc) is 3.26. The minimum atomic E-state index is -1.57. The van der Waals surface area contributed by atoms with Crippen LogP contribution in [0.2, 0.25) is 0 Å². The average molecular weight is 864 g/mol. The standard InChI is InChI=1S/C52H97NO8/c1-3-5-7-9-11-13-15-17-19-20-21-22-23-24-25-26-28-30-32-34-36-38-40-42-48(56)53-45(44-60-52-51(59)50(58)49(57)47(43-54)61-52)46(55)41-39-37-35-33-31-29-27-18-16-14-12-10-8-6-4-2/h16,18,31,33,39,41,45-47,49-52,54-55,57-59H,3-15,17,19-30,32,34-38,40,42-44H2,1-2H3,(H,53,56)/b18-16+,33-31+,41-39+. The van der Waals surface area contributed by atoms with Crippen molar-refractivity contribution in [3.63, 3.8) is 0 Å². The van der Waals surface area contributed by atoms with Gasteiger partial charge in [0.2, 0.25) is 5.91 Å². The third-order valence-electron chi connectivity index (χ3n) is 12.2. The van der Waals surface area contributed by atoms with Crippen LogP contribution in [0.1, 0.15) is 232 Å². The smallest absolute Gasteiger partial charge is 0.220 e. The summed E-state index contributed by atoms with van der Waals surface area (Å²) in [5.74, 6) is -0.188. The molecular formula is C52H97NO8. The van der Waals surface area contributed by atoms with Gasteiger partial charge < -0.3 is 40.3 Å². The van der Waals surface area contributed by atoms with Crippen molar-refractivity contribution >= 4 is 5.91 Å². The Kier molecular flexibility index (Phi) is 39.9. The van der Waals surface area contributed by atoms with Crippen LogP contribution in [-0.2, 0) is 14.3 Å². The summed E-state index contributed by atoms with van der Waals surface area (Å²) in [5, 5.41) is 54.3. The third-order valence-corrected chi connectivity index (χ3v) is 12.2. The molecule has 0 aromatic carbocycles. The number of hydrogen-bond acceptors (Lipinski definition) is 8. The molecule has 61 heavy (non-hydrogen) atoms. The van der Waals surface area contributed by atoms with Crippen LogP contribution in [0.15, 0.2) is 36.5 Å². The van der Waals surface area contributed by atoms with Gasteiger partial charge in [-0.15, -0.1) is 0 Å². The molecule has 1 saturated heterocycles. The summed E-state index contributed by atoms with van der Waals surface area (Å²) in [7, 11) is 0. The molecule has 7 unspecified atom stereocenters. The molecule has 1 fully saturated rings. The van der Waals surface area contributed by atoms with E-state index < -0.39 is 49.5 Å². The van der Waals surface area contributed by atoms with Crippen molar-refractivity contribution in [3.05, 3.63) is 36.5 Å². The molecule has 9 nitrogen and oxygen atoms in total. The number of aliphatic hydroxyl groups is 5. The highest BCUT2D eigenvalue weighted by molar-refractivity contribution is 5.76. The Labute approximate surface area is 374 Å². The number of allylic oxidation sites excluding steroid dienone is 5. The molecule has 6 N–H and O–H groups in total. The topological polar surface area (TPSA) is 149 Å². The maximum atomic E-state index is 13.0. The normalized spacial score (nSPS) is 20.7. The molecule has 0 aromatic heterocycles. The lowest BCUT2D eigenvalue weighted by molar-refractivity contribution is -0.302. The molecule has 0 bridgehead atoms. The van der Waals surface area contributed by atoms with Crippen molar-refractivity contribution in [2.45, 2.75) is 275 Å². The fraction of sp³-hybridized carbons (Fsp3) is 0.865. The Bertz CT molecular complexity index is 1050. The first-order valence-electron chi connectivity index (χ1n) is 25.7. The van der Waals surface area contributed by atoms with Crippen LogP contribution in [0.3, 0.4) is 0 Å². The number of carbonyl (C=O) groups is 1. The molecule has 1 heterocycles. The van der Waals surface area contributed by atoms with Gasteiger partial charge in [-0.3, -0.25) is 4.79 Å². The van der Waals surface area contributed by atoms with Gasteiger partial charge in [0, 0.05) is 6.42 Å². The second kappa shape index (κ2) is 42.4. The van der Waals surface area contributed by atoms with E-state index in [4.69, 9.17) is 9.47 Å². The zero-order valence-corrected chi connectivity index (χ0v) is 39.4. The summed E-state index contributed by atoms with van der Waals surface area (Å²) in [4.78, 5) is 13.0. The number of aliphatic hydroxyl groups excluding tert-OH is 5. The molecule has 0 aromatic rings. The monoisotopic (exact) mass is 864 g/mol. The van der Waals surface area contributed by atoms with E-state index >= 15 is 0 Å². The van der Waals surface area contributed by atoms with Gasteiger partial charge in [-0.05, 0) is 44.9 Å². The fourth-order valence-corrected chi connectivity index (χ4v) is 8.07. The third kappa shape index (κ3) is 32.7. The summed E-state index contributed by atoms with van der Waals surface area (Å²) in [5.41, 5.74) is 0. The van der Waals surface area contributed by atoms with Gasteiger partial charge in [0.15, 0.2) is 6.29 Å². The largest absolute Gasteiger partial charge is 0.394 e. The number of hydrogen-bond donors (Lipinski definition) is 6. The van der Waals surface area contributed by atoms with E-state index in [9.17, 15) is 30.3 Å². The summed E-state index contributed by atoms with van der Waals surface area (Å²) >= 11 is 0. The van der Waals surface area contributed by atoms with Crippen LogP contribution in [0, 0.1) is 0 Å².